The molecule has 0 spiro atoms. The normalized spacial score (nSPS) is 14.2. The second-order valence-corrected chi connectivity index (χ2v) is 10.6. The topological polar surface area (TPSA) is 157 Å². The van der Waals surface area contributed by atoms with Crippen molar-refractivity contribution in [2.45, 2.75) is 104 Å². The third-order valence-corrected chi connectivity index (χ3v) is 5.71. The maximum Gasteiger partial charge on any atom is 0.333 e. The van der Waals surface area contributed by atoms with E-state index < -0.39 is 41.9 Å². The summed E-state index contributed by atoms with van der Waals surface area (Å²) in [4.78, 5) is 61.0. The molecule has 0 radical (unpaired) electrons. The van der Waals surface area contributed by atoms with Gasteiger partial charge >= 0.3 is 17.9 Å². The van der Waals surface area contributed by atoms with Crippen molar-refractivity contribution in [1.82, 2.24) is 10.6 Å². The van der Waals surface area contributed by atoms with Crippen molar-refractivity contribution in [3.05, 3.63) is 12.2 Å². The number of likely N-dealkylation sites (N-methyl/N-ethyl adjacent to an activating group) is 1. The molecule has 1 amide bonds. The Bertz CT molecular complexity index is 826. The lowest BCUT2D eigenvalue weighted by Crippen LogP contribution is -2.52. The van der Waals surface area contributed by atoms with Crippen molar-refractivity contribution >= 4 is 29.6 Å². The number of carbonyl (C=O) groups is 5. The van der Waals surface area contributed by atoms with Crippen LogP contribution in [0.2, 0.25) is 0 Å². The first kappa shape index (κ1) is 36.2. The zero-order chi connectivity index (χ0) is 30.1. The zero-order valence-electron chi connectivity index (χ0n) is 24.5. The van der Waals surface area contributed by atoms with E-state index in [1.165, 1.54) is 6.92 Å². The fraction of sp³-hybridized carbons (Fsp3) is 0.750. The molecule has 0 fully saturated rings. The van der Waals surface area contributed by atoms with E-state index in [2.05, 4.69) is 17.2 Å². The average Bonchev–Trinajstić information content (AvgIpc) is 2.85. The number of ketones is 1. The molecule has 4 atom stereocenters. The lowest BCUT2D eigenvalue weighted by atomic mass is 10.0. The van der Waals surface area contributed by atoms with Crippen LogP contribution in [-0.4, -0.2) is 79.3 Å². The van der Waals surface area contributed by atoms with Crippen LogP contribution < -0.4 is 10.6 Å². The second-order valence-electron chi connectivity index (χ2n) is 10.6. The van der Waals surface area contributed by atoms with Gasteiger partial charge in [-0.1, -0.05) is 34.3 Å². The zero-order valence-corrected chi connectivity index (χ0v) is 24.5. The van der Waals surface area contributed by atoms with Crippen LogP contribution in [-0.2, 0) is 38.2 Å². The van der Waals surface area contributed by atoms with Gasteiger partial charge in [0, 0.05) is 5.57 Å². The number of aliphatic hydroxyl groups is 1. The number of carbonyl (C=O) groups excluding carboxylic acids is 5. The Hall–Kier alpha value is -2.79. The molecule has 3 N–H and O–H groups in total. The summed E-state index contributed by atoms with van der Waals surface area (Å²) in [5.41, 5.74) is 0.000190. The average molecular weight is 557 g/mol. The van der Waals surface area contributed by atoms with E-state index in [4.69, 9.17) is 14.2 Å². The van der Waals surface area contributed by atoms with Crippen molar-refractivity contribution in [1.29, 1.82) is 0 Å². The van der Waals surface area contributed by atoms with Crippen LogP contribution in [0.1, 0.15) is 80.1 Å². The van der Waals surface area contributed by atoms with Gasteiger partial charge in [0.25, 0.3) is 5.91 Å². The molecule has 0 rings (SSSR count). The van der Waals surface area contributed by atoms with Gasteiger partial charge in [-0.15, -0.1) is 0 Å². The number of hydrogen-bond acceptors (Lipinski definition) is 10. The van der Waals surface area contributed by atoms with Crippen LogP contribution in [0.25, 0.3) is 0 Å². The summed E-state index contributed by atoms with van der Waals surface area (Å²) in [5.74, 6) is -3.23. The number of rotatable bonds is 20. The number of Topliss-reactive ketones (excluding diaryl/α,β-unsaturated/α-hetero) is 1. The van der Waals surface area contributed by atoms with Crippen LogP contribution in [0.4, 0.5) is 0 Å². The first-order chi connectivity index (χ1) is 18.2. The molecule has 0 aliphatic rings. The molecule has 0 aromatic rings. The smallest absolute Gasteiger partial charge is 0.333 e. The molecule has 0 saturated heterocycles. The molecule has 4 unspecified atom stereocenters. The summed E-state index contributed by atoms with van der Waals surface area (Å²) in [6.07, 6.45) is 0.0175. The van der Waals surface area contributed by atoms with Crippen LogP contribution in [0.5, 0.6) is 0 Å². The Morgan fingerprint density at radius 3 is 1.67 bits per heavy atom. The van der Waals surface area contributed by atoms with Gasteiger partial charge in [-0.2, -0.15) is 0 Å². The van der Waals surface area contributed by atoms with Crippen LogP contribution in [0.15, 0.2) is 12.2 Å². The summed E-state index contributed by atoms with van der Waals surface area (Å²) in [5, 5.41) is 15.7. The van der Waals surface area contributed by atoms with Crippen molar-refractivity contribution in [2.75, 3.05) is 20.3 Å². The third kappa shape index (κ3) is 15.4. The van der Waals surface area contributed by atoms with Crippen LogP contribution in [0, 0.1) is 11.8 Å². The van der Waals surface area contributed by atoms with Gasteiger partial charge in [0.05, 0.1) is 13.2 Å². The van der Waals surface area contributed by atoms with E-state index in [0.29, 0.717) is 31.8 Å². The lowest BCUT2D eigenvalue weighted by Gasteiger charge is -2.24. The number of ether oxygens (including phenoxy) is 3. The summed E-state index contributed by atoms with van der Waals surface area (Å²) in [6.45, 7) is 14.1. The summed E-state index contributed by atoms with van der Waals surface area (Å²) >= 11 is 0. The van der Waals surface area contributed by atoms with E-state index in [1.807, 2.05) is 27.7 Å². The maximum absolute atomic E-state index is 12.6. The standard InChI is InChI=1S/C28H48N2O9/c1-17(2)15-21(29-8)27(35)37-13-11-9-10-12-14-38-28(36)22(16-18(3)4)30-25(33)23(32)24(20(7)31)39-26(34)19(5)6/h17-18,21-24,29,32H,5,9-16H2,1-4,6-8H3,(H,30,33). The number of aliphatic hydroxyl groups excluding tert-OH is 1. The number of esters is 3. The molecule has 0 heterocycles. The van der Waals surface area contributed by atoms with Crippen molar-refractivity contribution < 1.29 is 43.3 Å². The van der Waals surface area contributed by atoms with Crippen molar-refractivity contribution in [2.24, 2.45) is 11.8 Å². The first-order valence-electron chi connectivity index (χ1n) is 13.6. The Labute approximate surface area is 232 Å². The molecular formula is C28H48N2O9. The molecule has 0 saturated carbocycles. The third-order valence-electron chi connectivity index (χ3n) is 5.71. The van der Waals surface area contributed by atoms with Gasteiger partial charge < -0.3 is 30.0 Å². The van der Waals surface area contributed by atoms with Crippen molar-refractivity contribution in [3.8, 4) is 0 Å². The van der Waals surface area contributed by atoms with E-state index in [-0.39, 0.29) is 36.5 Å². The van der Waals surface area contributed by atoms with Gasteiger partial charge in [0.1, 0.15) is 12.1 Å². The molecule has 0 aliphatic carbocycles. The highest BCUT2D eigenvalue weighted by molar-refractivity contribution is 5.95. The Morgan fingerprint density at radius 2 is 1.26 bits per heavy atom. The molecule has 0 aliphatic heterocycles. The van der Waals surface area contributed by atoms with E-state index in [0.717, 1.165) is 19.8 Å². The molecule has 0 aromatic carbocycles. The number of hydrogen-bond donors (Lipinski definition) is 3. The Balaban J connectivity index is 4.64. The second kappa shape index (κ2) is 19.3. The molecule has 0 bridgehead atoms. The Kier molecular flexibility index (Phi) is 17.9. The quantitative estimate of drug-likeness (QED) is 0.0879. The highest BCUT2D eigenvalue weighted by Gasteiger charge is 2.36. The Morgan fingerprint density at radius 1 is 0.795 bits per heavy atom. The highest BCUT2D eigenvalue weighted by Crippen LogP contribution is 2.11. The fourth-order valence-corrected chi connectivity index (χ4v) is 3.57. The van der Waals surface area contributed by atoms with Gasteiger partial charge in [0.2, 0.25) is 0 Å². The van der Waals surface area contributed by atoms with Gasteiger partial charge in [-0.3, -0.25) is 14.4 Å². The molecular weight excluding hydrogens is 508 g/mol. The fourth-order valence-electron chi connectivity index (χ4n) is 3.57. The summed E-state index contributed by atoms with van der Waals surface area (Å²) in [6, 6.07) is -1.37. The van der Waals surface area contributed by atoms with Crippen LogP contribution >= 0.6 is 0 Å². The highest BCUT2D eigenvalue weighted by atomic mass is 16.6. The SMILES string of the molecule is C=C(C)C(=O)OC(C(C)=O)C(O)C(=O)NC(CC(C)C)C(=O)OCCCCCCOC(=O)C(CC(C)C)NC. The number of unbranched alkanes of at least 4 members (excludes halogenated alkanes) is 3. The van der Waals surface area contributed by atoms with Gasteiger partial charge in [0.15, 0.2) is 18.0 Å². The number of amides is 1. The minimum absolute atomic E-state index is 0.000190. The van der Waals surface area contributed by atoms with E-state index in [1.54, 1.807) is 7.05 Å². The predicted octanol–water partition coefficient (Wildman–Crippen LogP) is 2.24. The minimum atomic E-state index is -2.00. The van der Waals surface area contributed by atoms with Gasteiger partial charge in [-0.25, -0.2) is 9.59 Å². The minimum Gasteiger partial charge on any atom is -0.465 e. The molecule has 11 heteroatoms. The monoisotopic (exact) mass is 556 g/mol. The molecule has 39 heavy (non-hydrogen) atoms. The van der Waals surface area contributed by atoms with E-state index >= 15 is 0 Å². The summed E-state index contributed by atoms with van der Waals surface area (Å²) in [7, 11) is 1.74. The lowest BCUT2D eigenvalue weighted by molar-refractivity contribution is -0.162. The summed E-state index contributed by atoms with van der Waals surface area (Å²) < 4.78 is 15.6. The first-order valence-corrected chi connectivity index (χ1v) is 13.6. The maximum atomic E-state index is 12.6. The van der Waals surface area contributed by atoms with Crippen molar-refractivity contribution in [3.63, 3.8) is 0 Å². The molecule has 0 aromatic heterocycles. The van der Waals surface area contributed by atoms with E-state index in [9.17, 15) is 29.1 Å². The number of nitrogens with one attached hydrogen (secondary N) is 2. The van der Waals surface area contributed by atoms with Gasteiger partial charge in [-0.05, 0) is 71.3 Å². The predicted molar refractivity (Wildman–Crippen MR) is 145 cm³/mol. The molecule has 11 nitrogen and oxygen atoms in total. The molecule has 224 valence electrons. The largest absolute Gasteiger partial charge is 0.465 e. The van der Waals surface area contributed by atoms with Crippen LogP contribution in [0.3, 0.4) is 0 Å².